The van der Waals surface area contributed by atoms with Crippen LogP contribution < -0.4 is 9.47 Å². The second-order valence-electron chi connectivity index (χ2n) is 7.77. The average molecular weight is 404 g/mol. The maximum Gasteiger partial charge on any atom is 0.247 e. The number of benzene rings is 1. The minimum Gasteiger partial charge on any atom is -0.493 e. The third-order valence-electron chi connectivity index (χ3n) is 6.56. The maximum absolute atomic E-state index is 12.9. The molecule has 1 unspecified atom stereocenters. The Balaban J connectivity index is 1.62. The molecule has 2 fully saturated rings. The zero-order chi connectivity index (χ0) is 18.6. The van der Waals surface area contributed by atoms with Crippen molar-refractivity contribution < 1.29 is 14.3 Å². The van der Waals surface area contributed by atoms with Gasteiger partial charge in [-0.05, 0) is 72.4 Å². The zero-order valence-corrected chi connectivity index (χ0v) is 17.5. The van der Waals surface area contributed by atoms with Crippen molar-refractivity contribution in [2.24, 2.45) is 0 Å². The summed E-state index contributed by atoms with van der Waals surface area (Å²) in [4.78, 5) is 15.0. The van der Waals surface area contributed by atoms with Gasteiger partial charge in [-0.25, -0.2) is 0 Å². The van der Waals surface area contributed by atoms with Gasteiger partial charge in [0.05, 0.1) is 23.8 Å². The number of nitrogens with zero attached hydrogens (tertiary/aromatic N) is 1. The number of ether oxygens (including phenoxy) is 2. The summed E-state index contributed by atoms with van der Waals surface area (Å²) in [5.74, 6) is 4.21. The first-order valence-electron chi connectivity index (χ1n) is 9.68. The second-order valence-corrected chi connectivity index (χ2v) is 11.0. The lowest BCUT2D eigenvalue weighted by molar-refractivity contribution is -0.130. The lowest BCUT2D eigenvalue weighted by Crippen LogP contribution is -2.53. The van der Waals surface area contributed by atoms with Gasteiger partial charge < -0.3 is 14.4 Å². The highest BCUT2D eigenvalue weighted by Crippen LogP contribution is 2.62. The van der Waals surface area contributed by atoms with Gasteiger partial charge >= 0.3 is 0 Å². The van der Waals surface area contributed by atoms with E-state index in [1.165, 1.54) is 34.6 Å². The van der Waals surface area contributed by atoms with Gasteiger partial charge in [-0.1, -0.05) is 0 Å². The van der Waals surface area contributed by atoms with Crippen molar-refractivity contribution in [3.63, 3.8) is 0 Å². The predicted molar refractivity (Wildman–Crippen MR) is 111 cm³/mol. The first-order valence-corrected chi connectivity index (χ1v) is 11.6. The van der Waals surface area contributed by atoms with Crippen molar-refractivity contribution in [2.45, 2.75) is 41.7 Å². The quantitative estimate of drug-likeness (QED) is 0.747. The van der Waals surface area contributed by atoms with Gasteiger partial charge in [0.25, 0.3) is 0 Å². The molecule has 0 aromatic heterocycles. The molecule has 1 aromatic rings. The van der Waals surface area contributed by atoms with E-state index in [0.717, 1.165) is 43.7 Å². The van der Waals surface area contributed by atoms with Crippen LogP contribution in [0.1, 0.15) is 36.8 Å². The van der Waals surface area contributed by atoms with Crippen molar-refractivity contribution in [1.82, 2.24) is 4.90 Å². The fraction of sp³-hybridized carbons (Fsp3) is 0.571. The Labute approximate surface area is 169 Å². The standard InChI is InChI=1S/C21H25NO3S2/c1-24-17-10-14-4-7-22-19(23)11-15-13-20(26-8-3-9-27-20)5-6-21(15,22)16(14)12-18(17)25-2/h10-12H,3-9,13H2,1-2H3. The SMILES string of the molecule is COc1cc2c(cc1OC)C13CCC4(CC1=CC(=O)N3CC2)SCCCS4. The number of carbonyl (C=O) groups is 1. The Hall–Kier alpha value is -1.27. The summed E-state index contributed by atoms with van der Waals surface area (Å²) in [6, 6.07) is 4.25. The van der Waals surface area contributed by atoms with Crippen molar-refractivity contribution in [1.29, 1.82) is 0 Å². The molecule has 4 aliphatic rings. The highest BCUT2D eigenvalue weighted by atomic mass is 32.2. The van der Waals surface area contributed by atoms with E-state index in [4.69, 9.17) is 9.47 Å². The molecule has 3 aliphatic heterocycles. The lowest BCUT2D eigenvalue weighted by atomic mass is 9.69. The highest BCUT2D eigenvalue weighted by molar-refractivity contribution is 8.18. The van der Waals surface area contributed by atoms with E-state index in [9.17, 15) is 4.79 Å². The van der Waals surface area contributed by atoms with Gasteiger partial charge in [0, 0.05) is 12.6 Å². The Morgan fingerprint density at radius 2 is 1.81 bits per heavy atom. The summed E-state index contributed by atoms with van der Waals surface area (Å²) in [5.41, 5.74) is 3.59. The number of thioether (sulfide) groups is 2. The Morgan fingerprint density at radius 3 is 2.56 bits per heavy atom. The smallest absolute Gasteiger partial charge is 0.247 e. The van der Waals surface area contributed by atoms with Crippen LogP contribution in [0.4, 0.5) is 0 Å². The largest absolute Gasteiger partial charge is 0.493 e. The van der Waals surface area contributed by atoms with Crippen LogP contribution in [0.3, 0.4) is 0 Å². The summed E-state index contributed by atoms with van der Waals surface area (Å²) >= 11 is 4.23. The number of amides is 1. The van der Waals surface area contributed by atoms with E-state index in [-0.39, 0.29) is 15.5 Å². The molecule has 6 heteroatoms. The van der Waals surface area contributed by atoms with E-state index in [0.29, 0.717) is 0 Å². The molecule has 2 spiro atoms. The molecule has 4 nitrogen and oxygen atoms in total. The fourth-order valence-electron chi connectivity index (χ4n) is 5.31. The third kappa shape index (κ3) is 2.48. The first-order chi connectivity index (χ1) is 13.1. The van der Waals surface area contributed by atoms with Crippen LogP contribution in [-0.2, 0) is 16.8 Å². The molecule has 1 aliphatic carbocycles. The average Bonchev–Trinajstić information content (AvgIpc) is 2.99. The second kappa shape index (κ2) is 6.38. The number of methoxy groups -OCH3 is 2. The third-order valence-corrected chi connectivity index (χ3v) is 10.0. The Kier molecular flexibility index (Phi) is 4.20. The van der Waals surface area contributed by atoms with E-state index < -0.39 is 0 Å². The van der Waals surface area contributed by atoms with E-state index in [1.807, 2.05) is 6.08 Å². The molecule has 3 heterocycles. The van der Waals surface area contributed by atoms with Crippen molar-refractivity contribution in [3.8, 4) is 11.5 Å². The summed E-state index contributed by atoms with van der Waals surface area (Å²) in [6.07, 6.45) is 7.29. The molecule has 1 amide bonds. The molecular weight excluding hydrogens is 378 g/mol. The van der Waals surface area contributed by atoms with E-state index in [2.05, 4.69) is 40.6 Å². The Morgan fingerprint density at radius 1 is 1.07 bits per heavy atom. The molecule has 5 rings (SSSR count). The summed E-state index contributed by atoms with van der Waals surface area (Å²) in [7, 11) is 3.37. The van der Waals surface area contributed by atoms with Crippen LogP contribution in [-0.4, -0.2) is 47.2 Å². The number of carbonyl (C=O) groups excluding carboxylic acids is 1. The molecule has 0 radical (unpaired) electrons. The van der Waals surface area contributed by atoms with Gasteiger partial charge in [0.2, 0.25) is 5.91 Å². The summed E-state index contributed by atoms with van der Waals surface area (Å²) in [5, 5.41) is 0. The number of rotatable bonds is 2. The molecule has 0 N–H and O–H groups in total. The fourth-order valence-corrected chi connectivity index (χ4v) is 8.66. The van der Waals surface area contributed by atoms with Crippen LogP contribution in [0, 0.1) is 0 Å². The summed E-state index contributed by atoms with van der Waals surface area (Å²) in [6.45, 7) is 0.786. The van der Waals surface area contributed by atoms with Crippen molar-refractivity contribution >= 4 is 29.4 Å². The molecule has 27 heavy (non-hydrogen) atoms. The minimum atomic E-state index is -0.270. The topological polar surface area (TPSA) is 38.8 Å². The van der Waals surface area contributed by atoms with Crippen LogP contribution in [0.5, 0.6) is 11.5 Å². The monoisotopic (exact) mass is 403 g/mol. The number of hydrogen-bond donors (Lipinski definition) is 0. The molecule has 1 saturated carbocycles. The maximum atomic E-state index is 12.9. The van der Waals surface area contributed by atoms with Crippen LogP contribution in [0.2, 0.25) is 0 Å². The molecule has 1 atom stereocenters. The van der Waals surface area contributed by atoms with Gasteiger partial charge in [-0.3, -0.25) is 4.79 Å². The van der Waals surface area contributed by atoms with Gasteiger partial charge in [-0.2, -0.15) is 0 Å². The van der Waals surface area contributed by atoms with Crippen LogP contribution in [0.15, 0.2) is 23.8 Å². The van der Waals surface area contributed by atoms with Crippen molar-refractivity contribution in [2.75, 3.05) is 32.3 Å². The first kappa shape index (κ1) is 17.8. The van der Waals surface area contributed by atoms with Crippen molar-refractivity contribution in [3.05, 3.63) is 34.9 Å². The van der Waals surface area contributed by atoms with E-state index >= 15 is 0 Å². The normalized spacial score (nSPS) is 28.3. The minimum absolute atomic E-state index is 0.188. The molecular formula is C21H25NO3S2. The lowest BCUT2D eigenvalue weighted by Gasteiger charge is -2.53. The molecule has 144 valence electrons. The highest BCUT2D eigenvalue weighted by Gasteiger charge is 2.57. The van der Waals surface area contributed by atoms with Gasteiger partial charge in [-0.15, -0.1) is 23.5 Å². The van der Waals surface area contributed by atoms with Crippen LogP contribution >= 0.6 is 23.5 Å². The summed E-state index contributed by atoms with van der Waals surface area (Å²) < 4.78 is 11.4. The number of hydrogen-bond acceptors (Lipinski definition) is 5. The van der Waals surface area contributed by atoms with Gasteiger partial charge in [0.15, 0.2) is 11.5 Å². The predicted octanol–water partition coefficient (Wildman–Crippen LogP) is 3.97. The van der Waals surface area contributed by atoms with Gasteiger partial charge in [0.1, 0.15) is 0 Å². The molecule has 0 bridgehead atoms. The zero-order valence-electron chi connectivity index (χ0n) is 15.9. The molecule has 1 aromatic carbocycles. The van der Waals surface area contributed by atoms with Crippen LogP contribution in [0.25, 0.3) is 0 Å². The van der Waals surface area contributed by atoms with E-state index in [1.54, 1.807) is 14.2 Å². The Bertz CT molecular complexity index is 831. The molecule has 1 saturated heterocycles. The number of fused-ring (bicyclic) bond motifs is 1.